The summed E-state index contributed by atoms with van der Waals surface area (Å²) in [5, 5.41) is -0.240. The highest BCUT2D eigenvalue weighted by Crippen LogP contribution is 2.29. The lowest BCUT2D eigenvalue weighted by atomic mass is 10.9. The van der Waals surface area contributed by atoms with Gasteiger partial charge in [0.05, 0.1) is 11.9 Å². The molecule has 0 radical (unpaired) electrons. The lowest BCUT2D eigenvalue weighted by molar-refractivity contribution is 0.339. The summed E-state index contributed by atoms with van der Waals surface area (Å²) in [6.45, 7) is 0.0976. The molecule has 0 atom stereocenters. The molecule has 0 aliphatic heterocycles. The Balaban J connectivity index is 2.36. The summed E-state index contributed by atoms with van der Waals surface area (Å²) in [4.78, 5) is 0. The highest BCUT2D eigenvalue weighted by molar-refractivity contribution is 7.87. The van der Waals surface area contributed by atoms with Gasteiger partial charge in [-0.1, -0.05) is 0 Å². The monoisotopic (exact) mass is 184 g/mol. The van der Waals surface area contributed by atoms with Gasteiger partial charge in [0.25, 0.3) is 10.1 Å². The third-order valence-corrected chi connectivity index (χ3v) is 3.19. The van der Waals surface area contributed by atoms with Gasteiger partial charge in [0.2, 0.25) is 0 Å². The molecule has 0 aromatic heterocycles. The third kappa shape index (κ3) is 2.11. The molecule has 1 saturated carbocycles. The fraction of sp³-hybridized carbons (Fsp3) is 1.00. The summed E-state index contributed by atoms with van der Waals surface area (Å²) in [6, 6.07) is 0. The molecule has 1 aliphatic carbocycles. The molecule has 10 heavy (non-hydrogen) atoms. The molecule has 0 aromatic carbocycles. The van der Waals surface area contributed by atoms with Gasteiger partial charge in [0.15, 0.2) is 0 Å². The van der Waals surface area contributed by atoms with Crippen LogP contribution in [0.5, 0.6) is 0 Å². The van der Waals surface area contributed by atoms with E-state index in [0.29, 0.717) is 0 Å². The number of rotatable bonds is 4. The number of hydrogen-bond donors (Lipinski definition) is 0. The van der Waals surface area contributed by atoms with Crippen LogP contribution in [0.15, 0.2) is 0 Å². The predicted molar refractivity (Wildman–Crippen MR) is 38.6 cm³/mol. The fourth-order valence-electron chi connectivity index (χ4n) is 0.601. The van der Waals surface area contributed by atoms with E-state index in [-0.39, 0.29) is 17.7 Å². The first kappa shape index (κ1) is 8.30. The Labute approximate surface area is 65.4 Å². The number of alkyl halides is 1. The summed E-state index contributed by atoms with van der Waals surface area (Å²) >= 11 is 5.24. The minimum absolute atomic E-state index is 0.0976. The Morgan fingerprint density at radius 3 is 2.50 bits per heavy atom. The van der Waals surface area contributed by atoms with Crippen molar-refractivity contribution in [2.75, 3.05) is 12.5 Å². The van der Waals surface area contributed by atoms with Crippen molar-refractivity contribution in [1.82, 2.24) is 0 Å². The Morgan fingerprint density at radius 2 is 2.10 bits per heavy atom. The van der Waals surface area contributed by atoms with E-state index in [9.17, 15) is 8.42 Å². The van der Waals surface area contributed by atoms with Gasteiger partial charge in [-0.25, -0.2) is 0 Å². The predicted octanol–water partition coefficient (Wildman–Crippen LogP) is 0.734. The van der Waals surface area contributed by atoms with Gasteiger partial charge in [0.1, 0.15) is 0 Å². The van der Waals surface area contributed by atoms with E-state index >= 15 is 0 Å². The molecule has 0 N–H and O–H groups in total. The van der Waals surface area contributed by atoms with E-state index < -0.39 is 10.1 Å². The summed E-state index contributed by atoms with van der Waals surface area (Å²) in [7, 11) is -3.23. The minimum Gasteiger partial charge on any atom is -0.269 e. The van der Waals surface area contributed by atoms with Crippen LogP contribution >= 0.6 is 11.6 Å². The van der Waals surface area contributed by atoms with E-state index in [4.69, 9.17) is 11.6 Å². The van der Waals surface area contributed by atoms with Gasteiger partial charge in [-0.05, 0) is 12.8 Å². The molecular weight excluding hydrogens is 176 g/mol. The highest BCUT2D eigenvalue weighted by Gasteiger charge is 2.36. The lowest BCUT2D eigenvalue weighted by Crippen LogP contribution is -2.12. The molecule has 0 saturated heterocycles. The second-order valence-electron chi connectivity index (χ2n) is 2.20. The third-order valence-electron chi connectivity index (χ3n) is 1.26. The molecule has 0 unspecified atom stereocenters. The zero-order valence-corrected chi connectivity index (χ0v) is 6.99. The van der Waals surface area contributed by atoms with Crippen molar-refractivity contribution in [1.29, 1.82) is 0 Å². The minimum atomic E-state index is -3.23. The number of halogens is 1. The van der Waals surface area contributed by atoms with E-state index in [1.807, 2.05) is 0 Å². The Hall–Kier alpha value is 0.200. The second kappa shape index (κ2) is 3.07. The molecule has 1 fully saturated rings. The van der Waals surface area contributed by atoms with Crippen LogP contribution in [-0.4, -0.2) is 26.2 Å². The molecule has 3 nitrogen and oxygen atoms in total. The molecule has 1 aliphatic rings. The van der Waals surface area contributed by atoms with Crippen LogP contribution in [-0.2, 0) is 14.3 Å². The molecular formula is C5H9ClO3S. The van der Waals surface area contributed by atoms with Crippen molar-refractivity contribution < 1.29 is 12.6 Å². The molecule has 0 bridgehead atoms. The SMILES string of the molecule is O=S(=O)(OCCCl)C1CC1. The van der Waals surface area contributed by atoms with Crippen molar-refractivity contribution >= 4 is 21.7 Å². The molecule has 0 spiro atoms. The topological polar surface area (TPSA) is 43.4 Å². The van der Waals surface area contributed by atoms with Gasteiger partial charge in [0, 0.05) is 5.88 Å². The van der Waals surface area contributed by atoms with Crippen molar-refractivity contribution in [3.05, 3.63) is 0 Å². The molecule has 60 valence electrons. The van der Waals surface area contributed by atoms with E-state index in [1.54, 1.807) is 0 Å². The van der Waals surface area contributed by atoms with E-state index in [2.05, 4.69) is 4.18 Å². The van der Waals surface area contributed by atoms with Crippen LogP contribution in [0.3, 0.4) is 0 Å². The van der Waals surface area contributed by atoms with E-state index in [1.165, 1.54) is 0 Å². The summed E-state index contributed by atoms with van der Waals surface area (Å²) < 4.78 is 26.3. The van der Waals surface area contributed by atoms with Crippen LogP contribution in [0.25, 0.3) is 0 Å². The maximum atomic E-state index is 10.9. The van der Waals surface area contributed by atoms with Crippen molar-refractivity contribution in [2.45, 2.75) is 18.1 Å². The summed E-state index contributed by atoms with van der Waals surface area (Å²) in [5.41, 5.74) is 0. The Bertz CT molecular complexity index is 195. The van der Waals surface area contributed by atoms with Crippen LogP contribution < -0.4 is 0 Å². The van der Waals surface area contributed by atoms with Gasteiger partial charge in [-0.15, -0.1) is 11.6 Å². The molecule has 0 amide bonds. The zero-order chi connectivity index (χ0) is 7.61. The van der Waals surface area contributed by atoms with Crippen LogP contribution in [0.1, 0.15) is 12.8 Å². The summed E-state index contributed by atoms with van der Waals surface area (Å²) in [6.07, 6.45) is 1.48. The Morgan fingerprint density at radius 1 is 1.50 bits per heavy atom. The Kier molecular flexibility index (Phi) is 2.55. The van der Waals surface area contributed by atoms with Gasteiger partial charge < -0.3 is 0 Å². The smallest absolute Gasteiger partial charge is 0.269 e. The van der Waals surface area contributed by atoms with E-state index in [0.717, 1.165) is 12.8 Å². The zero-order valence-electron chi connectivity index (χ0n) is 5.42. The van der Waals surface area contributed by atoms with Gasteiger partial charge in [-0.2, -0.15) is 8.42 Å². The van der Waals surface area contributed by atoms with Crippen LogP contribution in [0.2, 0.25) is 0 Å². The largest absolute Gasteiger partial charge is 0.270 e. The molecule has 0 heterocycles. The first-order valence-corrected chi connectivity index (χ1v) is 5.11. The molecule has 1 rings (SSSR count). The average Bonchev–Trinajstić information content (AvgIpc) is 2.64. The summed E-state index contributed by atoms with van der Waals surface area (Å²) in [5.74, 6) is 0.228. The second-order valence-corrected chi connectivity index (χ2v) is 4.47. The van der Waals surface area contributed by atoms with Crippen LogP contribution in [0, 0.1) is 0 Å². The van der Waals surface area contributed by atoms with Crippen LogP contribution in [0.4, 0.5) is 0 Å². The highest BCUT2D eigenvalue weighted by atomic mass is 35.5. The maximum Gasteiger partial charge on any atom is 0.270 e. The van der Waals surface area contributed by atoms with Gasteiger partial charge >= 0.3 is 0 Å². The van der Waals surface area contributed by atoms with Crippen molar-refractivity contribution in [3.8, 4) is 0 Å². The fourth-order valence-corrected chi connectivity index (χ4v) is 1.99. The van der Waals surface area contributed by atoms with Crippen molar-refractivity contribution in [2.24, 2.45) is 0 Å². The molecule has 0 aromatic rings. The first-order chi connectivity index (χ1) is 4.67. The lowest BCUT2D eigenvalue weighted by Gasteiger charge is -1.99. The average molecular weight is 185 g/mol. The maximum absolute atomic E-state index is 10.9. The standard InChI is InChI=1S/C5H9ClO3S/c6-3-4-9-10(7,8)5-1-2-5/h5H,1-4H2. The van der Waals surface area contributed by atoms with Crippen molar-refractivity contribution in [3.63, 3.8) is 0 Å². The normalized spacial score (nSPS) is 19.3. The first-order valence-electron chi connectivity index (χ1n) is 3.11. The quantitative estimate of drug-likeness (QED) is 0.478. The van der Waals surface area contributed by atoms with Gasteiger partial charge in [-0.3, -0.25) is 4.18 Å². The number of hydrogen-bond acceptors (Lipinski definition) is 3. The molecule has 5 heteroatoms.